The quantitative estimate of drug-likeness (QED) is 0.239. The lowest BCUT2D eigenvalue weighted by atomic mass is 10.0. The summed E-state index contributed by atoms with van der Waals surface area (Å²) in [4.78, 5) is 59.0. The molecule has 4 atom stereocenters. The number of carbonyl (C=O) groups excluding carboxylic acids is 5. The summed E-state index contributed by atoms with van der Waals surface area (Å²) in [6.45, 7) is 4.85. The van der Waals surface area contributed by atoms with Crippen LogP contribution in [0, 0.1) is 0 Å². The molecule has 0 heterocycles. The average molecular weight is 528 g/mol. The average Bonchev–Trinajstić information content (AvgIpc) is 2.77. The maximum atomic E-state index is 12.0. The highest BCUT2D eigenvalue weighted by molar-refractivity contribution is 7.80. The number of carbonyl (C=O) groups is 5. The van der Waals surface area contributed by atoms with Gasteiger partial charge in [-0.1, -0.05) is 12.2 Å². The summed E-state index contributed by atoms with van der Waals surface area (Å²) in [6, 6.07) is 6.55. The number of anilines is 1. The molecule has 1 aromatic carbocycles. The zero-order valence-electron chi connectivity index (χ0n) is 20.7. The number of thiocarbonyl (C=S) groups is 1. The Hall–Kier alpha value is -3.74. The number of esters is 5. The van der Waals surface area contributed by atoms with Crippen LogP contribution in [0.25, 0.3) is 0 Å². The highest BCUT2D eigenvalue weighted by Gasteiger charge is 2.45. The number of nitrogens with one attached hydrogen (secondary N) is 1. The first-order valence-corrected chi connectivity index (χ1v) is 11.0. The van der Waals surface area contributed by atoms with Crippen LogP contribution < -0.4 is 10.1 Å². The van der Waals surface area contributed by atoms with Gasteiger partial charge >= 0.3 is 29.8 Å². The molecule has 36 heavy (non-hydrogen) atoms. The van der Waals surface area contributed by atoms with Gasteiger partial charge in [-0.15, -0.1) is 0 Å². The van der Waals surface area contributed by atoms with Crippen LogP contribution in [-0.2, 0) is 47.7 Å². The minimum atomic E-state index is -1.60. The third-order valence-corrected chi connectivity index (χ3v) is 4.60. The Labute approximate surface area is 213 Å². The van der Waals surface area contributed by atoms with Gasteiger partial charge in [0.05, 0.1) is 7.11 Å². The molecule has 1 N–H and O–H groups in total. The Bertz CT molecular complexity index is 963. The van der Waals surface area contributed by atoms with Crippen LogP contribution in [0.1, 0.15) is 34.6 Å². The van der Waals surface area contributed by atoms with Crippen LogP contribution in [0.3, 0.4) is 0 Å². The summed E-state index contributed by atoms with van der Waals surface area (Å²) in [5.74, 6) is -3.46. The number of rotatable bonds is 12. The molecule has 0 unspecified atom stereocenters. The van der Waals surface area contributed by atoms with Gasteiger partial charge in [0.25, 0.3) is 0 Å². The van der Waals surface area contributed by atoms with E-state index in [1.807, 2.05) is 0 Å². The van der Waals surface area contributed by atoms with Gasteiger partial charge in [0.2, 0.25) is 0 Å². The van der Waals surface area contributed by atoms with Crippen LogP contribution in [0.15, 0.2) is 24.3 Å². The van der Waals surface area contributed by atoms with E-state index in [0.717, 1.165) is 34.6 Å². The Balaban J connectivity index is 3.50. The molecule has 1 aromatic rings. The molecular weight excluding hydrogens is 498 g/mol. The summed E-state index contributed by atoms with van der Waals surface area (Å²) in [7, 11) is 1.50. The van der Waals surface area contributed by atoms with Crippen molar-refractivity contribution in [2.45, 2.75) is 59.0 Å². The minimum absolute atomic E-state index is 0.132. The maximum Gasteiger partial charge on any atom is 0.303 e. The first-order chi connectivity index (χ1) is 16.8. The second-order valence-electron chi connectivity index (χ2n) is 7.35. The van der Waals surface area contributed by atoms with Gasteiger partial charge in [-0.05, 0) is 24.3 Å². The number of hydrogen-bond acceptors (Lipinski definition) is 12. The van der Waals surface area contributed by atoms with Crippen LogP contribution >= 0.6 is 12.2 Å². The van der Waals surface area contributed by atoms with E-state index >= 15 is 0 Å². The number of ether oxygens (including phenoxy) is 6. The molecule has 12 nitrogen and oxygen atoms in total. The molecule has 0 saturated heterocycles. The molecule has 0 aliphatic carbocycles. The van der Waals surface area contributed by atoms with E-state index in [1.54, 1.807) is 24.3 Å². The molecule has 0 radical (unpaired) electrons. The molecular formula is C23H29NO11S. The summed E-state index contributed by atoms with van der Waals surface area (Å²) >= 11 is 5.44. The minimum Gasteiger partial charge on any atom is -0.497 e. The van der Waals surface area contributed by atoms with Gasteiger partial charge in [-0.3, -0.25) is 24.0 Å². The zero-order chi connectivity index (χ0) is 27.4. The van der Waals surface area contributed by atoms with Crippen molar-refractivity contribution >= 4 is 52.7 Å². The van der Waals surface area contributed by atoms with Crippen molar-refractivity contribution in [2.75, 3.05) is 19.0 Å². The van der Waals surface area contributed by atoms with Gasteiger partial charge < -0.3 is 33.7 Å². The zero-order valence-corrected chi connectivity index (χ0v) is 21.5. The van der Waals surface area contributed by atoms with E-state index in [4.69, 9.17) is 40.6 Å². The van der Waals surface area contributed by atoms with Crippen molar-refractivity contribution < 1.29 is 52.4 Å². The highest BCUT2D eigenvalue weighted by Crippen LogP contribution is 2.23. The summed E-state index contributed by atoms with van der Waals surface area (Å²) in [5.41, 5.74) is 0.472. The summed E-state index contributed by atoms with van der Waals surface area (Å²) in [6.07, 6.45) is -6.15. The molecule has 0 amide bonds. The van der Waals surface area contributed by atoms with Crippen molar-refractivity contribution in [1.82, 2.24) is 0 Å². The van der Waals surface area contributed by atoms with E-state index in [2.05, 4.69) is 5.32 Å². The molecule has 0 aliphatic heterocycles. The molecule has 0 aromatic heterocycles. The molecule has 1 rings (SSSR count). The van der Waals surface area contributed by atoms with Crippen LogP contribution in [0.2, 0.25) is 0 Å². The normalized spacial score (nSPS) is 13.6. The predicted molar refractivity (Wildman–Crippen MR) is 128 cm³/mol. The fourth-order valence-electron chi connectivity index (χ4n) is 2.98. The van der Waals surface area contributed by atoms with Crippen molar-refractivity contribution in [1.29, 1.82) is 0 Å². The largest absolute Gasteiger partial charge is 0.497 e. The predicted octanol–water partition coefficient (Wildman–Crippen LogP) is 1.72. The van der Waals surface area contributed by atoms with E-state index < -0.39 is 60.9 Å². The Morgan fingerprint density at radius 1 is 0.750 bits per heavy atom. The van der Waals surface area contributed by atoms with Crippen molar-refractivity contribution in [2.24, 2.45) is 0 Å². The molecule has 0 spiro atoms. The van der Waals surface area contributed by atoms with Gasteiger partial charge in [-0.25, -0.2) is 0 Å². The fourth-order valence-corrected chi connectivity index (χ4v) is 3.28. The lowest BCUT2D eigenvalue weighted by molar-refractivity contribution is -0.197. The van der Waals surface area contributed by atoms with E-state index in [0.29, 0.717) is 11.4 Å². The SMILES string of the molecule is COc1ccc(NC(=S)[C@H](OC(C)=O)[C@@H](OC(C)=O)[C@H](OC(C)=O)[C@@H](COC(C)=O)OC(C)=O)cc1. The molecule has 0 saturated carbocycles. The van der Waals surface area contributed by atoms with Crippen molar-refractivity contribution in [3.63, 3.8) is 0 Å². The molecule has 0 fully saturated rings. The topological polar surface area (TPSA) is 153 Å². The van der Waals surface area contributed by atoms with Crippen LogP contribution in [0.4, 0.5) is 5.69 Å². The van der Waals surface area contributed by atoms with Gasteiger partial charge in [-0.2, -0.15) is 0 Å². The van der Waals surface area contributed by atoms with Crippen LogP contribution in [-0.4, -0.2) is 73.0 Å². The second-order valence-corrected chi connectivity index (χ2v) is 7.79. The fraction of sp³-hybridized carbons (Fsp3) is 0.478. The lowest BCUT2D eigenvalue weighted by Gasteiger charge is -2.35. The van der Waals surface area contributed by atoms with Gasteiger partial charge in [0.1, 0.15) is 17.3 Å². The van der Waals surface area contributed by atoms with Crippen molar-refractivity contribution in [3.8, 4) is 5.75 Å². The third kappa shape index (κ3) is 10.7. The molecule has 13 heteroatoms. The van der Waals surface area contributed by atoms with Gasteiger partial charge in [0.15, 0.2) is 24.4 Å². The Morgan fingerprint density at radius 3 is 1.69 bits per heavy atom. The second kappa shape index (κ2) is 14.6. The molecule has 0 aliphatic rings. The van der Waals surface area contributed by atoms with E-state index in [1.165, 1.54) is 7.11 Å². The van der Waals surface area contributed by atoms with Crippen molar-refractivity contribution in [3.05, 3.63) is 24.3 Å². The lowest BCUT2D eigenvalue weighted by Crippen LogP contribution is -2.55. The first-order valence-electron chi connectivity index (χ1n) is 10.6. The summed E-state index contributed by atoms with van der Waals surface area (Å²) < 4.78 is 31.3. The molecule has 198 valence electrons. The first kappa shape index (κ1) is 30.3. The number of methoxy groups -OCH3 is 1. The van der Waals surface area contributed by atoms with E-state index in [9.17, 15) is 24.0 Å². The van der Waals surface area contributed by atoms with Crippen LogP contribution in [0.5, 0.6) is 5.75 Å². The van der Waals surface area contributed by atoms with E-state index in [-0.39, 0.29) is 4.99 Å². The maximum absolute atomic E-state index is 12.0. The Morgan fingerprint density at radius 2 is 1.25 bits per heavy atom. The highest BCUT2D eigenvalue weighted by atomic mass is 32.1. The standard InChI is InChI=1S/C23H29NO11S/c1-12(25)31-11-19(32-13(2)26)20(33-14(3)27)21(34-15(4)28)22(35-16(5)29)23(36)24-17-7-9-18(30-6)10-8-17/h7-10,19-22H,11H2,1-6H3,(H,24,36)/t19-,20-,21+,22-/m1/s1. The summed E-state index contributed by atoms with van der Waals surface area (Å²) in [5, 5.41) is 2.86. The monoisotopic (exact) mass is 527 g/mol. The smallest absolute Gasteiger partial charge is 0.303 e. The van der Waals surface area contributed by atoms with Gasteiger partial charge in [0, 0.05) is 40.3 Å². The molecule has 0 bridgehead atoms. The number of hydrogen-bond donors (Lipinski definition) is 1. The number of benzene rings is 1. The third-order valence-electron chi connectivity index (χ3n) is 4.27. The Kier molecular flexibility index (Phi) is 12.3.